The second kappa shape index (κ2) is 4.27. The second-order valence-electron chi connectivity index (χ2n) is 3.70. The smallest absolute Gasteiger partial charge is 0.00391 e. The molecule has 0 unspecified atom stereocenters. The van der Waals surface area contributed by atoms with Crippen LogP contribution in [0.2, 0.25) is 0 Å². The van der Waals surface area contributed by atoms with Gasteiger partial charge in [-0.15, -0.1) is 0 Å². The van der Waals surface area contributed by atoms with Crippen molar-refractivity contribution in [2.45, 2.75) is 33.1 Å². The van der Waals surface area contributed by atoms with Crippen LogP contribution in [0.3, 0.4) is 0 Å². The van der Waals surface area contributed by atoms with Gasteiger partial charge in [-0.25, -0.2) is 0 Å². The molecule has 0 N–H and O–H groups in total. The summed E-state index contributed by atoms with van der Waals surface area (Å²) in [5.41, 5.74) is 0. The summed E-state index contributed by atoms with van der Waals surface area (Å²) in [4.78, 5) is 0. The molecule has 0 aromatic carbocycles. The highest BCUT2D eigenvalue weighted by molar-refractivity contribution is 7.99. The quantitative estimate of drug-likeness (QED) is 0.554. The lowest BCUT2D eigenvalue weighted by atomic mass is 10.2. The molecule has 0 radical (unpaired) electrons. The van der Waals surface area contributed by atoms with Gasteiger partial charge in [0.2, 0.25) is 0 Å². The van der Waals surface area contributed by atoms with Gasteiger partial charge in [0, 0.05) is 0 Å². The van der Waals surface area contributed by atoms with E-state index >= 15 is 0 Å². The summed E-state index contributed by atoms with van der Waals surface area (Å²) in [6, 6.07) is 0. The third kappa shape index (κ3) is 4.21. The van der Waals surface area contributed by atoms with E-state index in [9.17, 15) is 0 Å². The van der Waals surface area contributed by atoms with Crippen molar-refractivity contribution in [3.05, 3.63) is 0 Å². The van der Waals surface area contributed by atoms with Gasteiger partial charge in [-0.3, -0.25) is 0 Å². The fraction of sp³-hybridized carbons (Fsp3) is 1.00. The summed E-state index contributed by atoms with van der Waals surface area (Å²) in [7, 11) is 0. The van der Waals surface area contributed by atoms with E-state index in [-0.39, 0.29) is 0 Å². The summed E-state index contributed by atoms with van der Waals surface area (Å²) in [6.07, 6.45) is 4.42. The predicted molar refractivity (Wildman–Crippen MR) is 49.5 cm³/mol. The molecule has 0 aliphatic heterocycles. The zero-order valence-corrected chi connectivity index (χ0v) is 7.91. The third-order valence-electron chi connectivity index (χ3n) is 1.89. The van der Waals surface area contributed by atoms with Gasteiger partial charge in [0.05, 0.1) is 0 Å². The molecule has 0 bridgehead atoms. The van der Waals surface area contributed by atoms with Gasteiger partial charge in [-0.2, -0.15) is 11.8 Å². The van der Waals surface area contributed by atoms with Crippen LogP contribution in [0, 0.1) is 11.8 Å². The molecule has 1 aliphatic carbocycles. The molecule has 1 aliphatic rings. The first-order valence-electron chi connectivity index (χ1n) is 4.37. The molecule has 0 aromatic heterocycles. The highest BCUT2D eigenvalue weighted by Gasteiger charge is 2.20. The lowest BCUT2D eigenvalue weighted by molar-refractivity contribution is 0.632. The van der Waals surface area contributed by atoms with Crippen LogP contribution >= 0.6 is 11.8 Å². The minimum absolute atomic E-state index is 0.895. The van der Waals surface area contributed by atoms with E-state index in [1.54, 1.807) is 0 Å². The SMILES string of the molecule is CC(C)CCSCC1CC1. The summed E-state index contributed by atoms with van der Waals surface area (Å²) >= 11 is 2.15. The van der Waals surface area contributed by atoms with Crippen LogP contribution in [-0.2, 0) is 0 Å². The lowest BCUT2D eigenvalue weighted by Gasteiger charge is -2.02. The van der Waals surface area contributed by atoms with E-state index in [0.29, 0.717) is 0 Å². The molecule has 1 saturated carbocycles. The van der Waals surface area contributed by atoms with Gasteiger partial charge < -0.3 is 0 Å². The first-order valence-corrected chi connectivity index (χ1v) is 5.52. The Bertz CT molecular complexity index is 80.7. The highest BCUT2D eigenvalue weighted by Crippen LogP contribution is 2.32. The van der Waals surface area contributed by atoms with Crippen molar-refractivity contribution in [2.24, 2.45) is 11.8 Å². The molecule has 0 atom stereocenters. The van der Waals surface area contributed by atoms with Crippen LogP contribution in [-0.4, -0.2) is 11.5 Å². The van der Waals surface area contributed by atoms with Crippen LogP contribution in [0.1, 0.15) is 33.1 Å². The summed E-state index contributed by atoms with van der Waals surface area (Å²) in [5, 5.41) is 0. The van der Waals surface area contributed by atoms with E-state index < -0.39 is 0 Å². The van der Waals surface area contributed by atoms with Crippen molar-refractivity contribution in [3.63, 3.8) is 0 Å². The number of hydrogen-bond acceptors (Lipinski definition) is 1. The molecule has 0 aromatic rings. The molecule has 0 heterocycles. The van der Waals surface area contributed by atoms with Crippen LogP contribution < -0.4 is 0 Å². The molecular weight excluding hydrogens is 140 g/mol. The maximum atomic E-state index is 2.30. The average Bonchev–Trinajstić information content (AvgIpc) is 2.62. The molecule has 60 valence electrons. The Hall–Kier alpha value is 0.350. The predicted octanol–water partition coefficient (Wildman–Crippen LogP) is 3.18. The summed E-state index contributed by atoms with van der Waals surface area (Å²) in [6.45, 7) is 4.61. The Morgan fingerprint density at radius 3 is 2.60 bits per heavy atom. The van der Waals surface area contributed by atoms with Crippen LogP contribution in [0.4, 0.5) is 0 Å². The van der Waals surface area contributed by atoms with E-state index in [1.807, 2.05) is 0 Å². The Morgan fingerprint density at radius 2 is 2.10 bits per heavy atom. The van der Waals surface area contributed by atoms with Crippen molar-refractivity contribution < 1.29 is 0 Å². The molecular formula is C9H18S. The Kier molecular flexibility index (Phi) is 3.61. The normalized spacial score (nSPS) is 18.3. The topological polar surface area (TPSA) is 0 Å². The van der Waals surface area contributed by atoms with Gasteiger partial charge >= 0.3 is 0 Å². The molecule has 0 amide bonds. The fourth-order valence-electron chi connectivity index (χ4n) is 0.854. The van der Waals surface area contributed by atoms with Crippen LogP contribution in [0.25, 0.3) is 0 Å². The third-order valence-corrected chi connectivity index (χ3v) is 3.12. The number of rotatable bonds is 5. The fourth-order valence-corrected chi connectivity index (χ4v) is 2.32. The minimum Gasteiger partial charge on any atom is -0.162 e. The maximum absolute atomic E-state index is 2.30. The summed E-state index contributed by atoms with van der Waals surface area (Å²) in [5.74, 6) is 4.82. The van der Waals surface area contributed by atoms with E-state index in [1.165, 1.54) is 30.8 Å². The molecule has 0 spiro atoms. The zero-order valence-electron chi connectivity index (χ0n) is 7.10. The van der Waals surface area contributed by atoms with Gasteiger partial charge in [0.15, 0.2) is 0 Å². The Labute approximate surface area is 68.8 Å². The number of thioether (sulfide) groups is 1. The monoisotopic (exact) mass is 158 g/mol. The Morgan fingerprint density at radius 1 is 1.40 bits per heavy atom. The molecule has 0 saturated heterocycles. The molecule has 1 rings (SSSR count). The Balaban J connectivity index is 1.76. The zero-order chi connectivity index (χ0) is 7.40. The van der Waals surface area contributed by atoms with Crippen molar-refractivity contribution in [2.75, 3.05) is 11.5 Å². The summed E-state index contributed by atoms with van der Waals surface area (Å²) < 4.78 is 0. The van der Waals surface area contributed by atoms with E-state index in [4.69, 9.17) is 0 Å². The van der Waals surface area contributed by atoms with E-state index in [0.717, 1.165) is 11.8 Å². The molecule has 1 fully saturated rings. The second-order valence-corrected chi connectivity index (χ2v) is 4.85. The van der Waals surface area contributed by atoms with Gasteiger partial charge in [-0.1, -0.05) is 13.8 Å². The van der Waals surface area contributed by atoms with Crippen molar-refractivity contribution >= 4 is 11.8 Å². The van der Waals surface area contributed by atoms with Crippen LogP contribution in [0.15, 0.2) is 0 Å². The maximum Gasteiger partial charge on any atom is -0.00391 e. The van der Waals surface area contributed by atoms with Gasteiger partial charge in [0.25, 0.3) is 0 Å². The molecule has 10 heavy (non-hydrogen) atoms. The van der Waals surface area contributed by atoms with Gasteiger partial charge in [-0.05, 0) is 42.6 Å². The average molecular weight is 158 g/mol. The van der Waals surface area contributed by atoms with E-state index in [2.05, 4.69) is 25.6 Å². The first kappa shape index (κ1) is 8.45. The van der Waals surface area contributed by atoms with Crippen molar-refractivity contribution in [1.29, 1.82) is 0 Å². The van der Waals surface area contributed by atoms with Gasteiger partial charge in [0.1, 0.15) is 0 Å². The highest BCUT2D eigenvalue weighted by atomic mass is 32.2. The standard InChI is InChI=1S/C9H18S/c1-8(2)5-6-10-7-9-3-4-9/h8-9H,3-7H2,1-2H3. The molecule has 0 nitrogen and oxygen atoms in total. The van der Waals surface area contributed by atoms with Crippen LogP contribution in [0.5, 0.6) is 0 Å². The largest absolute Gasteiger partial charge is 0.162 e. The van der Waals surface area contributed by atoms with Crippen molar-refractivity contribution in [1.82, 2.24) is 0 Å². The number of hydrogen-bond donors (Lipinski definition) is 0. The lowest BCUT2D eigenvalue weighted by Crippen LogP contribution is -1.91. The minimum atomic E-state index is 0.895. The first-order chi connectivity index (χ1) is 4.79. The molecule has 1 heteroatoms. The van der Waals surface area contributed by atoms with Crippen molar-refractivity contribution in [3.8, 4) is 0 Å².